The van der Waals surface area contributed by atoms with Crippen LogP contribution < -0.4 is 0 Å². The molecule has 3 aromatic rings. The molecule has 0 aliphatic heterocycles. The summed E-state index contributed by atoms with van der Waals surface area (Å²) in [6.07, 6.45) is 4.68. The van der Waals surface area contributed by atoms with Crippen molar-refractivity contribution in [2.24, 2.45) is 0 Å². The molecule has 0 N–H and O–H groups in total. The Morgan fingerprint density at radius 1 is 0.720 bits per heavy atom. The van der Waals surface area contributed by atoms with Crippen LogP contribution in [-0.2, 0) is 17.6 Å². The zero-order valence-corrected chi connectivity index (χ0v) is 14.2. The zero-order chi connectivity index (χ0) is 17.3. The number of benzene rings is 3. The topological polar surface area (TPSA) is 17.1 Å². The molecular formula is C24H22O. The van der Waals surface area contributed by atoms with Crippen molar-refractivity contribution in [1.29, 1.82) is 0 Å². The lowest BCUT2D eigenvalue weighted by Gasteiger charge is -2.15. The predicted octanol–water partition coefficient (Wildman–Crippen LogP) is 5.38. The molecule has 3 aromatic carbocycles. The minimum Gasteiger partial charge on any atom is -0.298 e. The van der Waals surface area contributed by atoms with Crippen molar-refractivity contribution in [1.82, 2.24) is 0 Å². The van der Waals surface area contributed by atoms with E-state index in [0.29, 0.717) is 6.42 Å². The summed E-state index contributed by atoms with van der Waals surface area (Å²) in [4.78, 5) is 11.7. The van der Waals surface area contributed by atoms with Crippen LogP contribution in [-0.4, -0.2) is 6.29 Å². The van der Waals surface area contributed by atoms with Crippen LogP contribution in [0.3, 0.4) is 0 Å². The maximum Gasteiger partial charge on any atom is 0.146 e. The third kappa shape index (κ3) is 5.02. The van der Waals surface area contributed by atoms with Gasteiger partial charge in [0.25, 0.3) is 0 Å². The molecule has 0 spiro atoms. The molecule has 124 valence electrons. The van der Waals surface area contributed by atoms with E-state index in [2.05, 4.69) is 66.7 Å². The molecule has 0 fully saturated rings. The number of allylic oxidation sites excluding steroid dienone is 2. The molecule has 1 atom stereocenters. The van der Waals surface area contributed by atoms with Gasteiger partial charge in [-0.3, -0.25) is 4.79 Å². The van der Waals surface area contributed by atoms with E-state index in [1.165, 1.54) is 11.1 Å². The Hall–Kier alpha value is -2.93. The molecular weight excluding hydrogens is 304 g/mol. The molecule has 0 saturated heterocycles. The fourth-order valence-electron chi connectivity index (χ4n) is 3.07. The second-order valence-electron chi connectivity index (χ2n) is 6.23. The van der Waals surface area contributed by atoms with Gasteiger partial charge in [0.1, 0.15) is 6.29 Å². The summed E-state index contributed by atoms with van der Waals surface area (Å²) in [5.74, 6) is 0.188. The average Bonchev–Trinajstić information content (AvgIpc) is 2.69. The van der Waals surface area contributed by atoms with E-state index in [1.54, 1.807) is 0 Å². The summed E-state index contributed by atoms with van der Waals surface area (Å²) < 4.78 is 0. The van der Waals surface area contributed by atoms with Crippen molar-refractivity contribution in [3.05, 3.63) is 119 Å². The van der Waals surface area contributed by atoms with Gasteiger partial charge in [-0.2, -0.15) is 0 Å². The highest BCUT2D eigenvalue weighted by Gasteiger charge is 2.11. The number of carbonyl (C=O) groups is 1. The molecule has 0 heterocycles. The van der Waals surface area contributed by atoms with E-state index >= 15 is 0 Å². The van der Waals surface area contributed by atoms with E-state index in [0.717, 1.165) is 23.8 Å². The van der Waals surface area contributed by atoms with Gasteiger partial charge in [-0.05, 0) is 28.7 Å². The minimum atomic E-state index is 0.188. The lowest BCUT2D eigenvalue weighted by Crippen LogP contribution is -2.03. The van der Waals surface area contributed by atoms with Crippen molar-refractivity contribution >= 4 is 6.29 Å². The molecule has 1 nitrogen and oxygen atoms in total. The number of carbonyl (C=O) groups excluding carboxylic acids is 1. The Bertz CT molecular complexity index is 804. The Morgan fingerprint density at radius 3 is 1.80 bits per heavy atom. The summed E-state index contributed by atoms with van der Waals surface area (Å²) >= 11 is 0. The van der Waals surface area contributed by atoms with Gasteiger partial charge in [-0.25, -0.2) is 0 Å². The van der Waals surface area contributed by atoms with E-state index in [-0.39, 0.29) is 5.92 Å². The van der Waals surface area contributed by atoms with Crippen LogP contribution in [0.1, 0.15) is 22.6 Å². The molecule has 3 rings (SSSR count). The highest BCUT2D eigenvalue weighted by Crippen LogP contribution is 2.24. The van der Waals surface area contributed by atoms with Crippen LogP contribution in [0.4, 0.5) is 0 Å². The van der Waals surface area contributed by atoms with Crippen LogP contribution in [0.5, 0.6) is 0 Å². The number of aldehydes is 1. The highest BCUT2D eigenvalue weighted by atomic mass is 16.1. The molecule has 0 aromatic heterocycles. The van der Waals surface area contributed by atoms with Crippen molar-refractivity contribution in [3.63, 3.8) is 0 Å². The average molecular weight is 326 g/mol. The first kappa shape index (κ1) is 16.9. The first-order valence-electron chi connectivity index (χ1n) is 8.64. The van der Waals surface area contributed by atoms with Crippen LogP contribution in [0.2, 0.25) is 0 Å². The van der Waals surface area contributed by atoms with Crippen molar-refractivity contribution in [3.8, 4) is 0 Å². The second kappa shape index (κ2) is 8.79. The maximum absolute atomic E-state index is 11.7. The smallest absolute Gasteiger partial charge is 0.146 e. The molecule has 0 aliphatic carbocycles. The van der Waals surface area contributed by atoms with Crippen molar-refractivity contribution in [2.75, 3.05) is 0 Å². The van der Waals surface area contributed by atoms with Gasteiger partial charge in [-0.15, -0.1) is 0 Å². The van der Waals surface area contributed by atoms with Gasteiger partial charge < -0.3 is 0 Å². The Kier molecular flexibility index (Phi) is 5.95. The first-order valence-corrected chi connectivity index (χ1v) is 8.64. The van der Waals surface area contributed by atoms with Crippen LogP contribution >= 0.6 is 0 Å². The monoisotopic (exact) mass is 326 g/mol. The van der Waals surface area contributed by atoms with E-state index in [9.17, 15) is 4.79 Å². The Balaban J connectivity index is 1.88. The minimum absolute atomic E-state index is 0.188. The van der Waals surface area contributed by atoms with Crippen LogP contribution in [0.25, 0.3) is 0 Å². The zero-order valence-electron chi connectivity index (χ0n) is 14.2. The largest absolute Gasteiger partial charge is 0.298 e. The lowest BCUT2D eigenvalue weighted by atomic mass is 9.89. The Morgan fingerprint density at radius 2 is 1.24 bits per heavy atom. The molecule has 0 amide bonds. The van der Waals surface area contributed by atoms with Gasteiger partial charge in [-0.1, -0.05) is 97.1 Å². The van der Waals surface area contributed by atoms with Crippen LogP contribution in [0, 0.1) is 0 Å². The second-order valence-corrected chi connectivity index (χ2v) is 6.23. The number of rotatable bonds is 7. The third-order valence-electron chi connectivity index (χ3n) is 4.34. The fraction of sp³-hybridized carbons (Fsp3) is 0.125. The quantitative estimate of drug-likeness (QED) is 0.421. The highest BCUT2D eigenvalue weighted by molar-refractivity contribution is 5.74. The number of hydrogen-bond donors (Lipinski definition) is 0. The van der Waals surface area contributed by atoms with Gasteiger partial charge >= 0.3 is 0 Å². The van der Waals surface area contributed by atoms with Gasteiger partial charge in [0.05, 0.1) is 0 Å². The molecule has 0 bridgehead atoms. The SMILES string of the molecule is O=CC(=CC(Cc1ccccc1)c1ccccc1)Cc1ccccc1. The molecule has 0 aliphatic rings. The number of hydrogen-bond acceptors (Lipinski definition) is 1. The molecule has 25 heavy (non-hydrogen) atoms. The summed E-state index contributed by atoms with van der Waals surface area (Å²) in [7, 11) is 0. The van der Waals surface area contributed by atoms with Crippen molar-refractivity contribution < 1.29 is 4.79 Å². The summed E-state index contributed by atoms with van der Waals surface area (Å²) in [5, 5.41) is 0. The van der Waals surface area contributed by atoms with E-state index in [4.69, 9.17) is 0 Å². The van der Waals surface area contributed by atoms with Crippen molar-refractivity contribution in [2.45, 2.75) is 18.8 Å². The first-order chi connectivity index (χ1) is 12.3. The Labute approximate surface area is 149 Å². The lowest BCUT2D eigenvalue weighted by molar-refractivity contribution is -0.105. The fourth-order valence-corrected chi connectivity index (χ4v) is 3.07. The molecule has 0 radical (unpaired) electrons. The van der Waals surface area contributed by atoms with E-state index in [1.807, 2.05) is 30.3 Å². The van der Waals surface area contributed by atoms with E-state index < -0.39 is 0 Å². The molecule has 1 heteroatoms. The molecule has 0 saturated carbocycles. The molecule has 1 unspecified atom stereocenters. The summed E-state index contributed by atoms with van der Waals surface area (Å²) in [6.45, 7) is 0. The van der Waals surface area contributed by atoms with Gasteiger partial charge in [0, 0.05) is 12.3 Å². The standard InChI is InChI=1S/C24H22O/c25-19-22(16-20-10-4-1-5-11-20)18-24(23-14-8-3-9-15-23)17-21-12-6-2-7-13-21/h1-15,18-19,24H,16-17H2. The van der Waals surface area contributed by atoms with Gasteiger partial charge in [0.2, 0.25) is 0 Å². The van der Waals surface area contributed by atoms with Crippen LogP contribution in [0.15, 0.2) is 103 Å². The third-order valence-corrected chi connectivity index (χ3v) is 4.34. The maximum atomic E-state index is 11.7. The van der Waals surface area contributed by atoms with Gasteiger partial charge in [0.15, 0.2) is 0 Å². The normalized spacial score (nSPS) is 12.6. The predicted molar refractivity (Wildman–Crippen MR) is 104 cm³/mol. The summed E-state index contributed by atoms with van der Waals surface area (Å²) in [5.41, 5.74) is 4.50. The summed E-state index contributed by atoms with van der Waals surface area (Å²) in [6, 6.07) is 31.0.